The Morgan fingerprint density at radius 1 is 1.17 bits per heavy atom. The highest BCUT2D eigenvalue weighted by Gasteiger charge is 2.22. The van der Waals surface area contributed by atoms with Crippen molar-refractivity contribution in [3.05, 3.63) is 0 Å². The van der Waals surface area contributed by atoms with Gasteiger partial charge in [0, 0.05) is 27.1 Å². The van der Waals surface area contributed by atoms with Crippen molar-refractivity contribution in [1.82, 2.24) is 4.90 Å². The lowest BCUT2D eigenvalue weighted by molar-refractivity contribution is -0.128. The molecule has 108 valence electrons. The van der Waals surface area contributed by atoms with Crippen LogP contribution in [-0.2, 0) is 9.53 Å². The van der Waals surface area contributed by atoms with Gasteiger partial charge >= 0.3 is 0 Å². The van der Waals surface area contributed by atoms with E-state index in [-0.39, 0.29) is 11.5 Å². The van der Waals surface area contributed by atoms with Gasteiger partial charge in [-0.05, 0) is 32.1 Å². The SMILES string of the molecule is CCC(C)(C)CCOC(C)(C)CCN(C)C(C)=O. The summed E-state index contributed by atoms with van der Waals surface area (Å²) in [7, 11) is 1.83. The molecule has 3 heteroatoms. The van der Waals surface area contributed by atoms with Gasteiger partial charge in [-0.15, -0.1) is 0 Å². The lowest BCUT2D eigenvalue weighted by Gasteiger charge is -2.30. The van der Waals surface area contributed by atoms with Crippen LogP contribution >= 0.6 is 0 Å². The molecule has 0 saturated heterocycles. The molecular weight excluding hydrogens is 226 g/mol. The van der Waals surface area contributed by atoms with E-state index in [9.17, 15) is 4.79 Å². The summed E-state index contributed by atoms with van der Waals surface area (Å²) in [6.07, 6.45) is 3.12. The fourth-order valence-corrected chi connectivity index (χ4v) is 1.45. The van der Waals surface area contributed by atoms with Crippen LogP contribution < -0.4 is 0 Å². The van der Waals surface area contributed by atoms with Crippen molar-refractivity contribution in [2.24, 2.45) is 5.41 Å². The predicted molar refractivity (Wildman–Crippen MR) is 76.6 cm³/mol. The van der Waals surface area contributed by atoms with Crippen molar-refractivity contribution in [2.75, 3.05) is 20.2 Å². The Labute approximate surface area is 113 Å². The minimum atomic E-state index is -0.159. The van der Waals surface area contributed by atoms with E-state index in [2.05, 4.69) is 34.6 Å². The van der Waals surface area contributed by atoms with Gasteiger partial charge in [0.25, 0.3) is 0 Å². The monoisotopic (exact) mass is 257 g/mol. The second-order valence-corrected chi connectivity index (χ2v) is 6.57. The second-order valence-electron chi connectivity index (χ2n) is 6.57. The van der Waals surface area contributed by atoms with Crippen LogP contribution in [-0.4, -0.2) is 36.6 Å². The molecule has 0 aromatic heterocycles. The highest BCUT2D eigenvalue weighted by atomic mass is 16.5. The fourth-order valence-electron chi connectivity index (χ4n) is 1.45. The first-order valence-electron chi connectivity index (χ1n) is 6.95. The zero-order valence-corrected chi connectivity index (χ0v) is 13.3. The smallest absolute Gasteiger partial charge is 0.219 e. The van der Waals surface area contributed by atoms with Crippen LogP contribution in [0.15, 0.2) is 0 Å². The van der Waals surface area contributed by atoms with Gasteiger partial charge in [0.1, 0.15) is 0 Å². The highest BCUT2D eigenvalue weighted by Crippen LogP contribution is 2.25. The fraction of sp³-hybridized carbons (Fsp3) is 0.933. The van der Waals surface area contributed by atoms with Gasteiger partial charge < -0.3 is 9.64 Å². The normalized spacial score (nSPS) is 12.6. The zero-order valence-electron chi connectivity index (χ0n) is 13.3. The number of carbonyl (C=O) groups excluding carboxylic acids is 1. The van der Waals surface area contributed by atoms with Crippen molar-refractivity contribution in [3.8, 4) is 0 Å². The molecule has 0 aliphatic carbocycles. The third-order valence-electron chi connectivity index (χ3n) is 3.82. The highest BCUT2D eigenvalue weighted by molar-refractivity contribution is 5.72. The van der Waals surface area contributed by atoms with Crippen molar-refractivity contribution in [1.29, 1.82) is 0 Å². The number of hydrogen-bond acceptors (Lipinski definition) is 2. The molecule has 0 bridgehead atoms. The van der Waals surface area contributed by atoms with E-state index < -0.39 is 0 Å². The number of hydrogen-bond donors (Lipinski definition) is 0. The van der Waals surface area contributed by atoms with Crippen LogP contribution in [0, 0.1) is 5.41 Å². The zero-order chi connectivity index (χ0) is 14.4. The Kier molecular flexibility index (Phi) is 6.90. The molecule has 0 aliphatic rings. The third-order valence-corrected chi connectivity index (χ3v) is 3.82. The van der Waals surface area contributed by atoms with E-state index in [4.69, 9.17) is 4.74 Å². The summed E-state index contributed by atoms with van der Waals surface area (Å²) >= 11 is 0. The first kappa shape index (κ1) is 17.4. The van der Waals surface area contributed by atoms with Crippen LogP contribution in [0.1, 0.15) is 60.8 Å². The molecule has 0 atom stereocenters. The average molecular weight is 257 g/mol. The van der Waals surface area contributed by atoms with Gasteiger partial charge in [0.2, 0.25) is 5.91 Å². The maximum atomic E-state index is 11.1. The maximum Gasteiger partial charge on any atom is 0.219 e. The van der Waals surface area contributed by atoms with Crippen LogP contribution in [0.2, 0.25) is 0 Å². The predicted octanol–water partition coefficient (Wildman–Crippen LogP) is 3.48. The molecule has 0 N–H and O–H groups in total. The molecule has 0 heterocycles. The third kappa shape index (κ3) is 7.70. The van der Waals surface area contributed by atoms with Gasteiger partial charge in [-0.1, -0.05) is 27.2 Å². The van der Waals surface area contributed by atoms with E-state index in [0.29, 0.717) is 5.41 Å². The molecule has 3 nitrogen and oxygen atoms in total. The lowest BCUT2D eigenvalue weighted by Crippen LogP contribution is -2.34. The van der Waals surface area contributed by atoms with Crippen molar-refractivity contribution in [2.45, 2.75) is 66.4 Å². The van der Waals surface area contributed by atoms with E-state index in [0.717, 1.165) is 26.0 Å². The molecule has 0 aromatic rings. The Hall–Kier alpha value is -0.570. The summed E-state index contributed by atoms with van der Waals surface area (Å²) < 4.78 is 5.96. The Morgan fingerprint density at radius 2 is 1.72 bits per heavy atom. The molecule has 0 spiro atoms. The second kappa shape index (κ2) is 7.13. The molecule has 1 amide bonds. The van der Waals surface area contributed by atoms with Gasteiger partial charge in [0.15, 0.2) is 0 Å². The minimum absolute atomic E-state index is 0.109. The van der Waals surface area contributed by atoms with Gasteiger partial charge in [-0.3, -0.25) is 4.79 Å². The number of amides is 1. The van der Waals surface area contributed by atoms with Crippen molar-refractivity contribution >= 4 is 5.91 Å². The molecule has 0 rings (SSSR count). The lowest BCUT2D eigenvalue weighted by atomic mass is 9.87. The van der Waals surface area contributed by atoms with Crippen LogP contribution in [0.3, 0.4) is 0 Å². The van der Waals surface area contributed by atoms with E-state index in [1.807, 2.05) is 7.05 Å². The topological polar surface area (TPSA) is 29.5 Å². The number of rotatable bonds is 8. The molecule has 0 aliphatic heterocycles. The van der Waals surface area contributed by atoms with E-state index in [1.165, 1.54) is 6.42 Å². The Bertz CT molecular complexity index is 259. The first-order chi connectivity index (χ1) is 8.09. The summed E-state index contributed by atoms with van der Waals surface area (Å²) in [5.41, 5.74) is 0.194. The van der Waals surface area contributed by atoms with Gasteiger partial charge in [-0.25, -0.2) is 0 Å². The molecule has 0 aromatic carbocycles. The number of carbonyl (C=O) groups is 1. The number of ether oxygens (including phenoxy) is 1. The maximum absolute atomic E-state index is 11.1. The number of nitrogens with zero attached hydrogens (tertiary/aromatic N) is 1. The molecule has 0 radical (unpaired) electrons. The van der Waals surface area contributed by atoms with Crippen LogP contribution in [0.4, 0.5) is 0 Å². The van der Waals surface area contributed by atoms with E-state index in [1.54, 1.807) is 11.8 Å². The van der Waals surface area contributed by atoms with Crippen LogP contribution in [0.5, 0.6) is 0 Å². The molecule has 18 heavy (non-hydrogen) atoms. The summed E-state index contributed by atoms with van der Waals surface area (Å²) in [5.74, 6) is 0.109. The van der Waals surface area contributed by atoms with Crippen molar-refractivity contribution < 1.29 is 9.53 Å². The largest absolute Gasteiger partial charge is 0.375 e. The Morgan fingerprint density at radius 3 is 2.17 bits per heavy atom. The molecular formula is C15H31NO2. The molecule has 0 fully saturated rings. The Balaban J connectivity index is 3.97. The summed E-state index contributed by atoms with van der Waals surface area (Å²) in [6, 6.07) is 0. The quantitative estimate of drug-likeness (QED) is 0.666. The molecule has 0 unspecified atom stereocenters. The average Bonchev–Trinajstić information content (AvgIpc) is 2.25. The summed E-state index contributed by atoms with van der Waals surface area (Å²) in [6.45, 7) is 14.1. The standard InChI is InChI=1S/C15H31NO2/c1-8-14(3,4)10-12-18-15(5,6)9-11-16(7)13(2)17/h8-12H2,1-7H3. The van der Waals surface area contributed by atoms with Gasteiger partial charge in [0.05, 0.1) is 5.60 Å². The summed E-state index contributed by atoms with van der Waals surface area (Å²) in [5, 5.41) is 0. The molecule has 0 saturated carbocycles. The van der Waals surface area contributed by atoms with Crippen LogP contribution in [0.25, 0.3) is 0 Å². The van der Waals surface area contributed by atoms with Crippen molar-refractivity contribution in [3.63, 3.8) is 0 Å². The van der Waals surface area contributed by atoms with E-state index >= 15 is 0 Å². The minimum Gasteiger partial charge on any atom is -0.375 e. The first-order valence-corrected chi connectivity index (χ1v) is 6.95. The summed E-state index contributed by atoms with van der Waals surface area (Å²) in [4.78, 5) is 12.9. The van der Waals surface area contributed by atoms with Gasteiger partial charge in [-0.2, -0.15) is 0 Å².